The molecule has 238 valence electrons. The molecule has 3 aromatic heterocycles. The highest BCUT2D eigenvalue weighted by molar-refractivity contribution is 7.10. The third-order valence-electron chi connectivity index (χ3n) is 8.08. The molecule has 7 rings (SSSR count). The summed E-state index contributed by atoms with van der Waals surface area (Å²) < 4.78 is 9.52. The SMILES string of the molecule is CCOC(=O)C1=C(C)N=c2s/c(=C\c3cc(-c4ccccc4)n(-c4ccc([N+](=O)[O-])cc4)c3-c3ccccc3)c(=O)n2[C@@H]1c1cccs1. The number of hydrogen-bond acceptors (Lipinski definition) is 8. The summed E-state index contributed by atoms with van der Waals surface area (Å²) in [5.74, 6) is -0.495. The van der Waals surface area contributed by atoms with Crippen LogP contribution in [0.2, 0.25) is 0 Å². The van der Waals surface area contributed by atoms with Crippen LogP contribution < -0.4 is 14.9 Å². The molecule has 1 atom stereocenters. The predicted octanol–water partition coefficient (Wildman–Crippen LogP) is 6.89. The highest BCUT2D eigenvalue weighted by Crippen LogP contribution is 2.37. The Labute approximate surface area is 282 Å². The highest BCUT2D eigenvalue weighted by atomic mass is 32.1. The first-order chi connectivity index (χ1) is 23.4. The van der Waals surface area contributed by atoms with Gasteiger partial charge in [-0.3, -0.25) is 19.5 Å². The van der Waals surface area contributed by atoms with Crippen molar-refractivity contribution in [1.82, 2.24) is 9.13 Å². The average molecular weight is 673 g/mol. The summed E-state index contributed by atoms with van der Waals surface area (Å²) in [7, 11) is 0. The van der Waals surface area contributed by atoms with E-state index < -0.39 is 16.9 Å². The molecule has 1 aliphatic heterocycles. The van der Waals surface area contributed by atoms with Crippen LogP contribution in [0.4, 0.5) is 5.69 Å². The molecule has 48 heavy (non-hydrogen) atoms. The number of thiophene rings is 1. The van der Waals surface area contributed by atoms with Gasteiger partial charge in [0.1, 0.15) is 6.04 Å². The molecule has 0 saturated heterocycles. The van der Waals surface area contributed by atoms with E-state index in [2.05, 4.69) is 4.57 Å². The van der Waals surface area contributed by atoms with Gasteiger partial charge in [-0.25, -0.2) is 9.79 Å². The second kappa shape index (κ2) is 12.9. The van der Waals surface area contributed by atoms with Gasteiger partial charge in [0, 0.05) is 28.3 Å². The number of carbonyl (C=O) groups is 1. The number of non-ortho nitro benzene ring substituents is 1. The van der Waals surface area contributed by atoms with E-state index in [1.807, 2.05) is 90.3 Å². The maximum absolute atomic E-state index is 14.4. The number of nitro groups is 1. The van der Waals surface area contributed by atoms with Crippen molar-refractivity contribution in [3.8, 4) is 28.2 Å². The first kappa shape index (κ1) is 31.0. The Balaban J connectivity index is 1.50. The number of ether oxygens (including phenoxy) is 1. The second-order valence-corrected chi connectivity index (χ2v) is 13.0. The second-order valence-electron chi connectivity index (χ2n) is 11.0. The van der Waals surface area contributed by atoms with E-state index >= 15 is 0 Å². The van der Waals surface area contributed by atoms with Crippen LogP contribution in [0.1, 0.15) is 30.3 Å². The minimum absolute atomic E-state index is 0.00691. The van der Waals surface area contributed by atoms with Gasteiger partial charge < -0.3 is 9.30 Å². The van der Waals surface area contributed by atoms with Gasteiger partial charge in [0.25, 0.3) is 11.2 Å². The van der Waals surface area contributed by atoms with Crippen molar-refractivity contribution in [3.05, 3.63) is 160 Å². The monoisotopic (exact) mass is 672 g/mol. The van der Waals surface area contributed by atoms with Crippen molar-refractivity contribution in [2.45, 2.75) is 19.9 Å². The number of aromatic nitrogens is 2. The van der Waals surface area contributed by atoms with Crippen LogP contribution in [0.3, 0.4) is 0 Å². The Hall–Kier alpha value is -5.65. The van der Waals surface area contributed by atoms with Gasteiger partial charge in [0.2, 0.25) is 0 Å². The molecule has 11 heteroatoms. The predicted molar refractivity (Wildman–Crippen MR) is 188 cm³/mol. The highest BCUT2D eigenvalue weighted by Gasteiger charge is 2.34. The Kier molecular flexibility index (Phi) is 8.30. The first-order valence-electron chi connectivity index (χ1n) is 15.2. The van der Waals surface area contributed by atoms with Crippen LogP contribution in [-0.2, 0) is 9.53 Å². The molecule has 0 saturated carbocycles. The fourth-order valence-corrected chi connectivity index (χ4v) is 7.85. The van der Waals surface area contributed by atoms with Gasteiger partial charge >= 0.3 is 5.97 Å². The summed E-state index contributed by atoms with van der Waals surface area (Å²) in [6.07, 6.45) is 1.87. The van der Waals surface area contributed by atoms with Crippen molar-refractivity contribution >= 4 is 40.4 Å². The molecule has 6 aromatic rings. The molecule has 0 unspecified atom stereocenters. The molecule has 1 aliphatic rings. The maximum Gasteiger partial charge on any atom is 0.338 e. The Morgan fingerprint density at radius 1 is 0.979 bits per heavy atom. The van der Waals surface area contributed by atoms with Gasteiger partial charge in [-0.2, -0.15) is 0 Å². The molecule has 0 radical (unpaired) electrons. The summed E-state index contributed by atoms with van der Waals surface area (Å²) >= 11 is 2.73. The number of fused-ring (bicyclic) bond motifs is 1. The number of hydrogen-bond donors (Lipinski definition) is 0. The topological polar surface area (TPSA) is 109 Å². The molecule has 0 fully saturated rings. The normalized spacial score (nSPS) is 14.5. The van der Waals surface area contributed by atoms with E-state index in [0.29, 0.717) is 20.6 Å². The van der Waals surface area contributed by atoms with E-state index in [1.165, 1.54) is 34.8 Å². The number of thiazole rings is 1. The van der Waals surface area contributed by atoms with Crippen molar-refractivity contribution in [2.75, 3.05) is 6.61 Å². The standard InChI is InChI=1S/C37H28N4O5S2/c1-3-46-36(43)32-23(2)38-37-40(34(32)30-15-10-20-47-30)35(42)31(48-37)22-26-21-29(24-11-6-4-7-12-24)39(33(26)25-13-8-5-9-14-25)27-16-18-28(19-17-27)41(44)45/h4-22,34H,3H2,1-2H3/b31-22-/t34-/m1/s1. The van der Waals surface area contributed by atoms with Crippen LogP contribution in [0.5, 0.6) is 0 Å². The molecule has 0 amide bonds. The molecule has 0 aliphatic carbocycles. The van der Waals surface area contributed by atoms with Crippen molar-refractivity contribution < 1.29 is 14.5 Å². The van der Waals surface area contributed by atoms with Crippen molar-refractivity contribution in [1.29, 1.82) is 0 Å². The minimum Gasteiger partial charge on any atom is -0.463 e. The van der Waals surface area contributed by atoms with Crippen LogP contribution in [-0.4, -0.2) is 26.6 Å². The quantitative estimate of drug-likeness (QED) is 0.0994. The van der Waals surface area contributed by atoms with Crippen LogP contribution >= 0.6 is 22.7 Å². The zero-order chi connectivity index (χ0) is 33.4. The number of allylic oxidation sites excluding steroid dienone is 1. The summed E-state index contributed by atoms with van der Waals surface area (Å²) in [6, 6.07) is 31.3. The Bertz CT molecular complexity index is 2370. The van der Waals surface area contributed by atoms with Gasteiger partial charge in [-0.1, -0.05) is 78.1 Å². The first-order valence-corrected chi connectivity index (χ1v) is 16.9. The number of nitro benzene ring substituents is 1. The molecule has 0 N–H and O–H groups in total. The summed E-state index contributed by atoms with van der Waals surface area (Å²) in [5, 5.41) is 13.4. The zero-order valence-corrected chi connectivity index (χ0v) is 27.5. The Morgan fingerprint density at radius 3 is 2.29 bits per heavy atom. The lowest BCUT2D eigenvalue weighted by atomic mass is 10.0. The maximum atomic E-state index is 14.4. The number of carbonyl (C=O) groups excluding carboxylic acids is 1. The van der Waals surface area contributed by atoms with E-state index in [1.54, 1.807) is 30.5 Å². The third kappa shape index (κ3) is 5.52. The van der Waals surface area contributed by atoms with E-state index in [9.17, 15) is 19.7 Å². The molecular formula is C37H28N4O5S2. The van der Waals surface area contributed by atoms with Crippen molar-refractivity contribution in [3.63, 3.8) is 0 Å². The third-order valence-corrected chi connectivity index (χ3v) is 9.99. The van der Waals surface area contributed by atoms with Crippen molar-refractivity contribution in [2.24, 2.45) is 4.99 Å². The van der Waals surface area contributed by atoms with Gasteiger partial charge in [0.15, 0.2) is 4.80 Å². The van der Waals surface area contributed by atoms with Crippen LogP contribution in [0.25, 0.3) is 34.3 Å². The number of rotatable bonds is 8. The lowest BCUT2D eigenvalue weighted by Crippen LogP contribution is -2.39. The number of benzene rings is 3. The van der Waals surface area contributed by atoms with Gasteiger partial charge in [-0.05, 0) is 60.7 Å². The van der Waals surface area contributed by atoms with Crippen LogP contribution in [0, 0.1) is 10.1 Å². The molecule has 4 heterocycles. The fraction of sp³-hybridized carbons (Fsp3) is 0.108. The number of esters is 1. The van der Waals surface area contributed by atoms with E-state index in [0.717, 1.165) is 38.6 Å². The zero-order valence-electron chi connectivity index (χ0n) is 25.9. The summed E-state index contributed by atoms with van der Waals surface area (Å²) in [6.45, 7) is 3.73. The molecule has 0 bridgehead atoms. The largest absolute Gasteiger partial charge is 0.463 e. The molecule has 3 aromatic carbocycles. The molecule has 9 nitrogen and oxygen atoms in total. The average Bonchev–Trinajstić information content (AvgIpc) is 3.84. The summed E-state index contributed by atoms with van der Waals surface area (Å²) in [4.78, 5) is 44.7. The lowest BCUT2D eigenvalue weighted by molar-refractivity contribution is -0.384. The van der Waals surface area contributed by atoms with Gasteiger partial charge in [0.05, 0.1) is 38.7 Å². The van der Waals surface area contributed by atoms with Gasteiger partial charge in [-0.15, -0.1) is 11.3 Å². The lowest BCUT2D eigenvalue weighted by Gasteiger charge is -2.23. The number of nitrogens with zero attached hydrogens (tertiary/aromatic N) is 4. The van der Waals surface area contributed by atoms with Crippen LogP contribution in [0.15, 0.2) is 130 Å². The van der Waals surface area contributed by atoms with E-state index in [4.69, 9.17) is 9.73 Å². The molecule has 0 spiro atoms. The fourth-order valence-electron chi connectivity index (χ4n) is 5.99. The van der Waals surface area contributed by atoms with E-state index in [-0.39, 0.29) is 17.9 Å². The minimum atomic E-state index is -0.666. The summed E-state index contributed by atoms with van der Waals surface area (Å²) in [5.41, 5.74) is 5.58. The molecular weight excluding hydrogens is 645 g/mol. The smallest absolute Gasteiger partial charge is 0.338 e. The Morgan fingerprint density at radius 2 is 1.67 bits per heavy atom.